The Morgan fingerprint density at radius 1 is 1.35 bits per heavy atom. The first-order chi connectivity index (χ1) is 8.18. The zero-order valence-electron chi connectivity index (χ0n) is 9.00. The molecule has 1 saturated carbocycles. The Morgan fingerprint density at radius 2 is 2.12 bits per heavy atom. The first-order valence-electron chi connectivity index (χ1n) is 5.46. The highest BCUT2D eigenvalue weighted by Crippen LogP contribution is 2.46. The van der Waals surface area contributed by atoms with E-state index in [4.69, 9.17) is 17.3 Å². The van der Waals surface area contributed by atoms with Gasteiger partial charge in [-0.05, 0) is 25.0 Å². The van der Waals surface area contributed by atoms with Crippen LogP contribution in [0.3, 0.4) is 0 Å². The number of nitrogens with two attached hydrogens (primary N) is 1. The van der Waals surface area contributed by atoms with Gasteiger partial charge in [-0.25, -0.2) is 4.39 Å². The maximum absolute atomic E-state index is 13.9. The molecule has 17 heavy (non-hydrogen) atoms. The summed E-state index contributed by atoms with van der Waals surface area (Å²) in [6.07, 6.45) is 2.17. The second-order valence-electron chi connectivity index (χ2n) is 4.27. The van der Waals surface area contributed by atoms with Crippen molar-refractivity contribution in [3.8, 4) is 11.1 Å². The lowest BCUT2D eigenvalue weighted by Crippen LogP contribution is -1.93. The molecule has 88 valence electrons. The summed E-state index contributed by atoms with van der Waals surface area (Å²) in [4.78, 5) is 0. The van der Waals surface area contributed by atoms with Gasteiger partial charge in [0.25, 0.3) is 0 Å². The number of anilines is 1. The molecule has 3 N–H and O–H groups in total. The highest BCUT2D eigenvalue weighted by molar-refractivity contribution is 6.33. The van der Waals surface area contributed by atoms with E-state index in [0.717, 1.165) is 18.5 Å². The smallest absolute Gasteiger partial charge is 0.153 e. The molecule has 1 aliphatic carbocycles. The third-order valence-corrected chi connectivity index (χ3v) is 3.34. The van der Waals surface area contributed by atoms with Crippen LogP contribution in [0.4, 0.5) is 10.2 Å². The van der Waals surface area contributed by atoms with E-state index in [1.165, 1.54) is 6.07 Å². The fourth-order valence-corrected chi connectivity index (χ4v) is 2.29. The highest BCUT2D eigenvalue weighted by Gasteiger charge is 2.31. The lowest BCUT2D eigenvalue weighted by Gasteiger charge is -2.07. The summed E-state index contributed by atoms with van der Waals surface area (Å²) in [7, 11) is 0. The fraction of sp³-hybridized carbons (Fsp3) is 0.250. The molecule has 3 nitrogen and oxygen atoms in total. The number of H-pyrrole nitrogens is 1. The van der Waals surface area contributed by atoms with Crippen LogP contribution in [0.1, 0.15) is 24.5 Å². The van der Waals surface area contributed by atoms with Crippen molar-refractivity contribution in [3.63, 3.8) is 0 Å². The highest BCUT2D eigenvalue weighted by atomic mass is 35.5. The first kappa shape index (κ1) is 10.6. The maximum atomic E-state index is 13.9. The van der Waals surface area contributed by atoms with Crippen LogP contribution in [-0.2, 0) is 0 Å². The van der Waals surface area contributed by atoms with Crippen molar-refractivity contribution in [2.75, 3.05) is 5.73 Å². The Morgan fingerprint density at radius 3 is 2.76 bits per heavy atom. The van der Waals surface area contributed by atoms with E-state index >= 15 is 0 Å². The third-order valence-electron chi connectivity index (χ3n) is 3.02. The lowest BCUT2D eigenvalue weighted by atomic mass is 10.0. The van der Waals surface area contributed by atoms with Gasteiger partial charge in [0, 0.05) is 17.2 Å². The van der Waals surface area contributed by atoms with Crippen molar-refractivity contribution < 1.29 is 4.39 Å². The topological polar surface area (TPSA) is 54.7 Å². The van der Waals surface area contributed by atoms with Gasteiger partial charge in [-0.1, -0.05) is 17.7 Å². The summed E-state index contributed by atoms with van der Waals surface area (Å²) in [6, 6.07) is 4.61. The molecule has 0 spiro atoms. The summed E-state index contributed by atoms with van der Waals surface area (Å²) in [5.41, 5.74) is 7.68. The van der Waals surface area contributed by atoms with Gasteiger partial charge in [-0.15, -0.1) is 0 Å². The fourth-order valence-electron chi connectivity index (χ4n) is 2.04. The Labute approximate surface area is 103 Å². The van der Waals surface area contributed by atoms with E-state index in [9.17, 15) is 4.39 Å². The molecular weight excluding hydrogens is 241 g/mol. The number of aromatic amines is 1. The minimum atomic E-state index is -0.368. The number of hydrogen-bond acceptors (Lipinski definition) is 2. The summed E-state index contributed by atoms with van der Waals surface area (Å²) in [6.45, 7) is 0. The molecule has 5 heteroatoms. The van der Waals surface area contributed by atoms with Crippen molar-refractivity contribution in [1.82, 2.24) is 10.2 Å². The standard InChI is InChI=1S/C12H11ClFN3/c13-7-2-1-3-8(14)9(7)10-11(6-4-5-6)16-17-12(10)15/h1-3,6H,4-5H2,(H3,15,16,17). The van der Waals surface area contributed by atoms with Gasteiger partial charge < -0.3 is 5.73 Å². The third kappa shape index (κ3) is 1.69. The van der Waals surface area contributed by atoms with Gasteiger partial charge in [0.1, 0.15) is 5.82 Å². The van der Waals surface area contributed by atoms with E-state index in [1.54, 1.807) is 12.1 Å². The SMILES string of the molecule is Nc1n[nH]c(C2CC2)c1-c1c(F)cccc1Cl. The van der Waals surface area contributed by atoms with Gasteiger partial charge in [0.05, 0.1) is 10.6 Å². The molecular formula is C12H11ClFN3. The molecule has 2 aromatic rings. The number of nitrogens with zero attached hydrogens (tertiary/aromatic N) is 1. The van der Waals surface area contributed by atoms with Crippen LogP contribution in [-0.4, -0.2) is 10.2 Å². The van der Waals surface area contributed by atoms with Crippen LogP contribution in [0.25, 0.3) is 11.1 Å². The van der Waals surface area contributed by atoms with Crippen LogP contribution in [0, 0.1) is 5.82 Å². The average Bonchev–Trinajstić information content (AvgIpc) is 3.05. The predicted molar refractivity (Wildman–Crippen MR) is 65.4 cm³/mol. The molecule has 1 heterocycles. The van der Waals surface area contributed by atoms with Crippen molar-refractivity contribution in [2.24, 2.45) is 0 Å². The molecule has 0 aliphatic heterocycles. The monoisotopic (exact) mass is 251 g/mol. The Hall–Kier alpha value is -1.55. The Bertz CT molecular complexity index is 555. The summed E-state index contributed by atoms with van der Waals surface area (Å²) >= 11 is 6.05. The molecule has 0 saturated heterocycles. The molecule has 0 bridgehead atoms. The van der Waals surface area contributed by atoms with Gasteiger partial charge in [-0.2, -0.15) is 5.10 Å². The van der Waals surface area contributed by atoms with Gasteiger partial charge in [0.15, 0.2) is 5.82 Å². The Kier molecular flexibility index (Phi) is 2.33. The molecule has 1 fully saturated rings. The number of nitrogen functional groups attached to an aromatic ring is 1. The van der Waals surface area contributed by atoms with Crippen LogP contribution >= 0.6 is 11.6 Å². The number of aromatic nitrogens is 2. The van der Waals surface area contributed by atoms with E-state index in [-0.39, 0.29) is 5.82 Å². The number of benzene rings is 1. The summed E-state index contributed by atoms with van der Waals surface area (Å²) in [5, 5.41) is 7.21. The van der Waals surface area contributed by atoms with Gasteiger partial charge >= 0.3 is 0 Å². The molecule has 0 radical (unpaired) electrons. The van der Waals surface area contributed by atoms with E-state index in [1.807, 2.05) is 0 Å². The molecule has 0 atom stereocenters. The molecule has 1 aromatic heterocycles. The molecule has 3 rings (SSSR count). The largest absolute Gasteiger partial charge is 0.382 e. The second kappa shape index (κ2) is 3.74. The van der Waals surface area contributed by atoms with Crippen LogP contribution in [0.5, 0.6) is 0 Å². The predicted octanol–water partition coefficient (Wildman–Crippen LogP) is 3.33. The number of rotatable bonds is 2. The van der Waals surface area contributed by atoms with Crippen molar-refractivity contribution in [1.29, 1.82) is 0 Å². The minimum Gasteiger partial charge on any atom is -0.382 e. The first-order valence-corrected chi connectivity index (χ1v) is 5.84. The van der Waals surface area contributed by atoms with Crippen LogP contribution in [0.2, 0.25) is 5.02 Å². The van der Waals surface area contributed by atoms with Gasteiger partial charge in [0.2, 0.25) is 0 Å². The second-order valence-corrected chi connectivity index (χ2v) is 4.68. The zero-order valence-corrected chi connectivity index (χ0v) is 9.76. The van der Waals surface area contributed by atoms with Crippen LogP contribution in [0.15, 0.2) is 18.2 Å². The number of halogens is 2. The van der Waals surface area contributed by atoms with E-state index in [2.05, 4.69) is 10.2 Å². The van der Waals surface area contributed by atoms with E-state index in [0.29, 0.717) is 27.9 Å². The summed E-state index contributed by atoms with van der Waals surface area (Å²) < 4.78 is 13.9. The van der Waals surface area contributed by atoms with E-state index < -0.39 is 0 Å². The Balaban J connectivity index is 2.24. The summed E-state index contributed by atoms with van der Waals surface area (Å²) in [5.74, 6) is 0.344. The number of hydrogen-bond donors (Lipinski definition) is 2. The van der Waals surface area contributed by atoms with Crippen LogP contribution < -0.4 is 5.73 Å². The number of nitrogens with one attached hydrogen (secondary N) is 1. The van der Waals surface area contributed by atoms with Crippen molar-refractivity contribution >= 4 is 17.4 Å². The van der Waals surface area contributed by atoms with Gasteiger partial charge in [-0.3, -0.25) is 5.10 Å². The normalized spacial score (nSPS) is 15.2. The minimum absolute atomic E-state index is 0.305. The molecule has 0 unspecified atom stereocenters. The molecule has 1 aliphatic rings. The quantitative estimate of drug-likeness (QED) is 0.860. The molecule has 0 amide bonds. The molecule has 1 aromatic carbocycles. The maximum Gasteiger partial charge on any atom is 0.153 e. The lowest BCUT2D eigenvalue weighted by molar-refractivity contribution is 0.631. The van der Waals surface area contributed by atoms with Crippen molar-refractivity contribution in [2.45, 2.75) is 18.8 Å². The van der Waals surface area contributed by atoms with Crippen molar-refractivity contribution in [3.05, 3.63) is 34.7 Å². The zero-order chi connectivity index (χ0) is 12.0. The average molecular weight is 252 g/mol.